The predicted octanol–water partition coefficient (Wildman–Crippen LogP) is 5.30. The Hall–Kier alpha value is -2.19. The van der Waals surface area contributed by atoms with Gasteiger partial charge in [-0.05, 0) is 66.8 Å². The second-order valence-electron chi connectivity index (χ2n) is 12.1. The summed E-state index contributed by atoms with van der Waals surface area (Å²) < 4.78 is 15.8. The number of aliphatic hydroxyl groups is 1. The molecule has 0 bridgehead atoms. The standard InChI is InChI=1S/C29H34Cl2FN3O3/c1-28(2,3)14-22-29(19-12-7-15(30)13-21(19)34-27(29)38)23(18-5-4-6-20(31)24(18)32)25(35-22)26(37)33-16-8-10-17(36)11-9-16/h4-7,12-13,16-17,22-23,25,35-36H,8-11,14H2,1-3H3,(H,33,37)(H,34,38)/t16?,17?,22?,23-,25?,29+/m0/s1. The molecule has 1 saturated heterocycles. The number of amides is 2. The van der Waals surface area contributed by atoms with E-state index in [1.165, 1.54) is 6.07 Å². The van der Waals surface area contributed by atoms with Gasteiger partial charge in [0.1, 0.15) is 11.2 Å². The van der Waals surface area contributed by atoms with Crippen LogP contribution in [-0.4, -0.2) is 41.2 Å². The van der Waals surface area contributed by atoms with Gasteiger partial charge in [0.2, 0.25) is 11.8 Å². The van der Waals surface area contributed by atoms with Crippen molar-refractivity contribution in [3.05, 3.63) is 63.4 Å². The molecule has 2 aliphatic heterocycles. The predicted molar refractivity (Wildman–Crippen MR) is 147 cm³/mol. The Kier molecular flexibility index (Phi) is 7.27. The third-order valence-corrected chi connectivity index (χ3v) is 8.79. The maximum atomic E-state index is 15.8. The average Bonchev–Trinajstić information content (AvgIpc) is 3.31. The number of hydrogen-bond acceptors (Lipinski definition) is 4. The molecule has 1 aliphatic carbocycles. The minimum absolute atomic E-state index is 0.0629. The Labute approximate surface area is 232 Å². The van der Waals surface area contributed by atoms with E-state index in [0.717, 1.165) is 0 Å². The molecule has 2 aromatic rings. The van der Waals surface area contributed by atoms with E-state index in [4.69, 9.17) is 23.2 Å². The van der Waals surface area contributed by atoms with E-state index in [-0.39, 0.29) is 40.0 Å². The van der Waals surface area contributed by atoms with Gasteiger partial charge in [-0.2, -0.15) is 0 Å². The Morgan fingerprint density at radius 3 is 2.55 bits per heavy atom. The van der Waals surface area contributed by atoms with Crippen molar-refractivity contribution >= 4 is 40.7 Å². The van der Waals surface area contributed by atoms with Gasteiger partial charge in [-0.15, -0.1) is 0 Å². The van der Waals surface area contributed by atoms with Crippen molar-refractivity contribution in [2.24, 2.45) is 5.41 Å². The number of halogens is 3. The Morgan fingerprint density at radius 2 is 1.87 bits per heavy atom. The van der Waals surface area contributed by atoms with Crippen molar-refractivity contribution < 1.29 is 19.1 Å². The number of nitrogens with one attached hydrogen (secondary N) is 3. The summed E-state index contributed by atoms with van der Waals surface area (Å²) in [7, 11) is 0. The minimum atomic E-state index is -1.27. The fourth-order valence-electron chi connectivity index (χ4n) is 6.66. The summed E-state index contributed by atoms with van der Waals surface area (Å²) in [6.07, 6.45) is 2.75. The van der Waals surface area contributed by atoms with Crippen LogP contribution in [0.4, 0.5) is 10.1 Å². The number of rotatable bonds is 4. The molecule has 1 spiro atoms. The quantitative estimate of drug-likeness (QED) is 0.407. The highest BCUT2D eigenvalue weighted by atomic mass is 35.5. The van der Waals surface area contributed by atoms with Crippen LogP contribution in [0.3, 0.4) is 0 Å². The summed E-state index contributed by atoms with van der Waals surface area (Å²) in [5, 5.41) is 19.9. The van der Waals surface area contributed by atoms with Crippen molar-refractivity contribution in [3.63, 3.8) is 0 Å². The van der Waals surface area contributed by atoms with Crippen molar-refractivity contribution in [1.29, 1.82) is 0 Å². The van der Waals surface area contributed by atoms with Crippen LogP contribution < -0.4 is 16.0 Å². The van der Waals surface area contributed by atoms with Crippen LogP contribution in [0.2, 0.25) is 10.0 Å². The van der Waals surface area contributed by atoms with Gasteiger partial charge in [0.25, 0.3) is 0 Å². The van der Waals surface area contributed by atoms with Gasteiger partial charge in [-0.1, -0.05) is 62.2 Å². The van der Waals surface area contributed by atoms with E-state index < -0.39 is 29.2 Å². The molecule has 3 aliphatic rings. The average molecular weight is 563 g/mol. The summed E-state index contributed by atoms with van der Waals surface area (Å²) in [4.78, 5) is 28.1. The molecule has 5 rings (SSSR count). The van der Waals surface area contributed by atoms with Gasteiger partial charge >= 0.3 is 0 Å². The highest BCUT2D eigenvalue weighted by Crippen LogP contribution is 2.57. The van der Waals surface area contributed by atoms with Crippen LogP contribution in [0, 0.1) is 11.2 Å². The third kappa shape index (κ3) is 4.72. The maximum Gasteiger partial charge on any atom is 0.238 e. The summed E-state index contributed by atoms with van der Waals surface area (Å²) in [5.41, 5.74) is -0.00278. The Bertz CT molecular complexity index is 1260. The zero-order valence-corrected chi connectivity index (χ0v) is 23.3. The van der Waals surface area contributed by atoms with Crippen molar-refractivity contribution in [2.45, 2.75) is 88.4 Å². The number of anilines is 1. The highest BCUT2D eigenvalue weighted by molar-refractivity contribution is 6.31. The van der Waals surface area contributed by atoms with Crippen LogP contribution in [-0.2, 0) is 15.0 Å². The van der Waals surface area contributed by atoms with Gasteiger partial charge in [0, 0.05) is 28.7 Å². The van der Waals surface area contributed by atoms with Gasteiger partial charge in [-0.3, -0.25) is 9.59 Å². The molecule has 0 radical (unpaired) electrons. The molecular weight excluding hydrogens is 528 g/mol. The molecule has 4 atom stereocenters. The zero-order chi connectivity index (χ0) is 27.4. The molecular formula is C29H34Cl2FN3O3. The molecule has 38 heavy (non-hydrogen) atoms. The number of carbonyl (C=O) groups is 2. The van der Waals surface area contributed by atoms with E-state index in [0.29, 0.717) is 48.4 Å². The lowest BCUT2D eigenvalue weighted by molar-refractivity contribution is -0.124. The van der Waals surface area contributed by atoms with E-state index >= 15 is 4.39 Å². The lowest BCUT2D eigenvalue weighted by Gasteiger charge is -2.38. The molecule has 9 heteroatoms. The minimum Gasteiger partial charge on any atom is -0.393 e. The Morgan fingerprint density at radius 1 is 1.16 bits per heavy atom. The fraction of sp³-hybridized carbons (Fsp3) is 0.517. The van der Waals surface area contributed by atoms with Crippen LogP contribution in [0.1, 0.15) is 69.9 Å². The van der Waals surface area contributed by atoms with Crippen LogP contribution >= 0.6 is 23.2 Å². The lowest BCUT2D eigenvalue weighted by Crippen LogP contribution is -2.50. The maximum absolute atomic E-state index is 15.8. The summed E-state index contributed by atoms with van der Waals surface area (Å²) >= 11 is 12.5. The van der Waals surface area contributed by atoms with Crippen LogP contribution in [0.25, 0.3) is 0 Å². The van der Waals surface area contributed by atoms with Crippen molar-refractivity contribution in [1.82, 2.24) is 10.6 Å². The largest absolute Gasteiger partial charge is 0.393 e. The third-order valence-electron chi connectivity index (χ3n) is 8.26. The topological polar surface area (TPSA) is 90.5 Å². The number of benzene rings is 2. The number of carbonyl (C=O) groups excluding carboxylic acids is 2. The first-order valence-corrected chi connectivity index (χ1v) is 14.0. The molecule has 2 fully saturated rings. The van der Waals surface area contributed by atoms with Gasteiger partial charge in [-0.25, -0.2) is 4.39 Å². The summed E-state index contributed by atoms with van der Waals surface area (Å²) in [5.74, 6) is -2.09. The summed E-state index contributed by atoms with van der Waals surface area (Å²) in [6.45, 7) is 6.23. The smallest absolute Gasteiger partial charge is 0.238 e. The SMILES string of the molecule is CC(C)(C)CC1NC(C(=O)NC2CCC(O)CC2)[C@H](c2cccc(Cl)c2F)[C@]12C(=O)Nc1cc(Cl)ccc12. The van der Waals surface area contributed by atoms with Gasteiger partial charge in [0.05, 0.1) is 17.2 Å². The molecule has 2 amide bonds. The molecule has 4 N–H and O–H groups in total. The number of aliphatic hydroxyl groups excluding tert-OH is 1. The second-order valence-corrected chi connectivity index (χ2v) is 13.0. The molecule has 2 aromatic carbocycles. The lowest BCUT2D eigenvalue weighted by atomic mass is 9.62. The molecule has 2 unspecified atom stereocenters. The van der Waals surface area contributed by atoms with E-state index in [9.17, 15) is 14.7 Å². The molecule has 204 valence electrons. The van der Waals surface area contributed by atoms with E-state index in [1.54, 1.807) is 24.3 Å². The highest BCUT2D eigenvalue weighted by Gasteiger charge is 2.66. The number of fused-ring (bicyclic) bond motifs is 2. The van der Waals surface area contributed by atoms with Crippen LogP contribution in [0.15, 0.2) is 36.4 Å². The first-order chi connectivity index (χ1) is 17.9. The van der Waals surface area contributed by atoms with Crippen molar-refractivity contribution in [3.8, 4) is 0 Å². The zero-order valence-electron chi connectivity index (χ0n) is 21.8. The fourth-order valence-corrected chi connectivity index (χ4v) is 7.02. The normalized spacial score (nSPS) is 30.8. The van der Waals surface area contributed by atoms with Gasteiger partial charge in [0.15, 0.2) is 0 Å². The van der Waals surface area contributed by atoms with Crippen LogP contribution in [0.5, 0.6) is 0 Å². The number of hydrogen-bond donors (Lipinski definition) is 4. The van der Waals surface area contributed by atoms with E-state index in [2.05, 4.69) is 36.7 Å². The molecule has 2 heterocycles. The monoisotopic (exact) mass is 561 g/mol. The van der Waals surface area contributed by atoms with E-state index in [1.807, 2.05) is 6.07 Å². The molecule has 1 saturated carbocycles. The second kappa shape index (κ2) is 10.1. The molecule has 0 aromatic heterocycles. The molecule has 6 nitrogen and oxygen atoms in total. The van der Waals surface area contributed by atoms with Gasteiger partial charge < -0.3 is 21.1 Å². The first kappa shape index (κ1) is 27.4. The Balaban J connectivity index is 1.67. The summed E-state index contributed by atoms with van der Waals surface area (Å²) in [6, 6.07) is 8.50. The first-order valence-electron chi connectivity index (χ1n) is 13.2. The van der Waals surface area contributed by atoms with Crippen molar-refractivity contribution in [2.75, 3.05) is 5.32 Å².